The summed E-state index contributed by atoms with van der Waals surface area (Å²) in [7, 11) is -5.24. The zero-order valence-corrected chi connectivity index (χ0v) is 22.2. The summed E-state index contributed by atoms with van der Waals surface area (Å²) in [6.07, 6.45) is 14.6. The van der Waals surface area contributed by atoms with Gasteiger partial charge in [0.2, 0.25) is 0 Å². The maximum absolute atomic E-state index is 11.2. The number of hydrogen-bond acceptors (Lipinski definition) is 10. The zero-order valence-electron chi connectivity index (χ0n) is 20.4. The summed E-state index contributed by atoms with van der Waals surface area (Å²) in [5.74, 6) is 0. The van der Waals surface area contributed by atoms with Crippen molar-refractivity contribution in [2.75, 3.05) is 19.8 Å². The summed E-state index contributed by atoms with van der Waals surface area (Å²) in [5, 5.41) is 40.6. The molecule has 0 aliphatic heterocycles. The second-order valence-corrected chi connectivity index (χ2v) is 9.43. The molecule has 33 heavy (non-hydrogen) atoms. The maximum atomic E-state index is 11.2. The molecule has 0 aromatic carbocycles. The number of rotatable bonds is 18. The monoisotopic (exact) mass is 524 g/mol. The van der Waals surface area contributed by atoms with E-state index >= 15 is 0 Å². The molecular formula is C21H50O10P2. The molecule has 12 heteroatoms. The molecule has 0 aliphatic rings. The first-order valence-electron chi connectivity index (χ1n) is 11.8. The lowest BCUT2D eigenvalue weighted by molar-refractivity contribution is -0.162. The Morgan fingerprint density at radius 2 is 0.727 bits per heavy atom. The van der Waals surface area contributed by atoms with E-state index < -0.39 is 28.2 Å². The van der Waals surface area contributed by atoms with Crippen molar-refractivity contribution in [2.45, 2.75) is 109 Å². The normalized spacial score (nSPS) is 11.8. The van der Waals surface area contributed by atoms with Crippen LogP contribution in [0.15, 0.2) is 0 Å². The van der Waals surface area contributed by atoms with Gasteiger partial charge in [-0.25, -0.2) is 0 Å². The van der Waals surface area contributed by atoms with Crippen LogP contribution in [0.1, 0.15) is 104 Å². The first-order chi connectivity index (χ1) is 15.5. The third kappa shape index (κ3) is 22.7. The summed E-state index contributed by atoms with van der Waals surface area (Å²) in [6.45, 7) is 3.22. The summed E-state index contributed by atoms with van der Waals surface area (Å²) in [5.41, 5.74) is -2.40. The van der Waals surface area contributed by atoms with Gasteiger partial charge in [-0.05, 0) is 12.8 Å². The van der Waals surface area contributed by atoms with E-state index in [9.17, 15) is 20.4 Å². The van der Waals surface area contributed by atoms with Crippen molar-refractivity contribution < 1.29 is 49.8 Å². The van der Waals surface area contributed by atoms with E-state index in [1.165, 1.54) is 38.5 Å². The van der Waals surface area contributed by atoms with Gasteiger partial charge in [-0.1, -0.05) is 90.9 Å². The highest BCUT2D eigenvalue weighted by atomic mass is 31.2. The molecule has 0 bridgehead atoms. The highest BCUT2D eigenvalue weighted by Gasteiger charge is 2.48. The lowest BCUT2D eigenvalue weighted by Gasteiger charge is -2.44. The van der Waals surface area contributed by atoms with E-state index in [1.54, 1.807) is 0 Å². The largest absolute Gasteiger partial charge is 0.395 e. The van der Waals surface area contributed by atoms with Crippen molar-refractivity contribution >= 4 is 17.2 Å². The van der Waals surface area contributed by atoms with Crippen LogP contribution in [0.2, 0.25) is 0 Å². The standard InChI is InChI=1S/C21H44O4.2H3O3P/c1-3-5-7-9-11-13-15-21(25,20(17-22,18-23)19-24)16-14-12-10-8-6-4-2;2*1-4(2)3/h22-25H,3-19H2,1-2H3;2*1-3H. The molecule has 0 unspecified atom stereocenters. The molecule has 0 aromatic rings. The van der Waals surface area contributed by atoms with Crippen molar-refractivity contribution in [1.82, 2.24) is 0 Å². The minimum atomic E-state index is -2.62. The average molecular weight is 525 g/mol. The third-order valence-corrected chi connectivity index (χ3v) is 5.78. The summed E-state index contributed by atoms with van der Waals surface area (Å²) >= 11 is 0. The highest BCUT2D eigenvalue weighted by Crippen LogP contribution is 2.39. The fraction of sp³-hybridized carbons (Fsp3) is 1.00. The van der Waals surface area contributed by atoms with Crippen molar-refractivity contribution in [1.29, 1.82) is 0 Å². The molecule has 0 heterocycles. The maximum Gasteiger partial charge on any atom is 0.324 e. The molecule has 0 rings (SSSR count). The van der Waals surface area contributed by atoms with Crippen LogP contribution in [0.3, 0.4) is 0 Å². The lowest BCUT2D eigenvalue weighted by atomic mass is 9.68. The molecule has 0 saturated carbocycles. The van der Waals surface area contributed by atoms with Crippen molar-refractivity contribution in [2.24, 2.45) is 5.41 Å². The fourth-order valence-electron chi connectivity index (χ4n) is 3.64. The molecule has 10 N–H and O–H groups in total. The van der Waals surface area contributed by atoms with Crippen molar-refractivity contribution in [3.8, 4) is 0 Å². The van der Waals surface area contributed by atoms with E-state index in [0.717, 1.165) is 38.5 Å². The molecule has 0 aromatic heterocycles. The highest BCUT2D eigenvalue weighted by molar-refractivity contribution is 7.38. The molecular weight excluding hydrogens is 474 g/mol. The van der Waals surface area contributed by atoms with Crippen molar-refractivity contribution in [3.63, 3.8) is 0 Å². The van der Waals surface area contributed by atoms with Gasteiger partial charge in [0.1, 0.15) is 0 Å². The Kier molecular flexibility index (Phi) is 29.4. The van der Waals surface area contributed by atoms with Crippen LogP contribution in [-0.4, -0.2) is 75.2 Å². The number of aliphatic hydroxyl groups excluding tert-OH is 3. The summed E-state index contributed by atoms with van der Waals surface area (Å²) < 4.78 is 0. The Morgan fingerprint density at radius 1 is 0.485 bits per heavy atom. The third-order valence-electron chi connectivity index (χ3n) is 5.78. The minimum absolute atomic E-state index is 0.387. The summed E-state index contributed by atoms with van der Waals surface area (Å²) in [6, 6.07) is 0. The second-order valence-electron chi connectivity index (χ2n) is 8.36. The summed E-state index contributed by atoms with van der Waals surface area (Å²) in [4.78, 5) is 43.4. The lowest BCUT2D eigenvalue weighted by Crippen LogP contribution is -2.55. The minimum Gasteiger partial charge on any atom is -0.395 e. The van der Waals surface area contributed by atoms with Gasteiger partial charge in [0.15, 0.2) is 0 Å². The van der Waals surface area contributed by atoms with E-state index in [2.05, 4.69) is 13.8 Å². The Labute approximate surface area is 202 Å². The Bertz CT molecular complexity index is 350. The number of hydrogen-bond donors (Lipinski definition) is 10. The Morgan fingerprint density at radius 3 is 0.970 bits per heavy atom. The van der Waals surface area contributed by atoms with Crippen LogP contribution in [0, 0.1) is 5.41 Å². The molecule has 0 atom stereocenters. The molecule has 0 saturated heterocycles. The first-order valence-corrected chi connectivity index (χ1v) is 14.2. The van der Waals surface area contributed by atoms with Gasteiger partial charge in [-0.15, -0.1) is 0 Å². The predicted octanol–water partition coefficient (Wildman–Crippen LogP) is 2.56. The van der Waals surface area contributed by atoms with Gasteiger partial charge in [-0.3, -0.25) is 0 Å². The van der Waals surface area contributed by atoms with Gasteiger partial charge >= 0.3 is 17.2 Å². The smallest absolute Gasteiger partial charge is 0.324 e. The molecule has 10 nitrogen and oxygen atoms in total. The zero-order chi connectivity index (χ0) is 26.2. The Hall–Kier alpha value is 0.460. The SMILES string of the molecule is CCCCCCCCC(O)(CCCCCCCC)C(CO)(CO)CO.OP(O)O.OP(O)O. The fourth-order valence-corrected chi connectivity index (χ4v) is 3.64. The van der Waals surface area contributed by atoms with Crippen molar-refractivity contribution in [3.05, 3.63) is 0 Å². The Balaban J connectivity index is -0.000000962. The van der Waals surface area contributed by atoms with Crippen LogP contribution in [-0.2, 0) is 0 Å². The molecule has 0 amide bonds. The number of aliphatic hydroxyl groups is 4. The van der Waals surface area contributed by atoms with E-state index in [1.807, 2.05) is 0 Å². The first kappa shape index (κ1) is 38.0. The van der Waals surface area contributed by atoms with Gasteiger partial charge in [0, 0.05) is 0 Å². The molecule has 0 radical (unpaired) electrons. The predicted molar refractivity (Wildman–Crippen MR) is 132 cm³/mol. The van der Waals surface area contributed by atoms with E-state index in [0.29, 0.717) is 12.8 Å². The van der Waals surface area contributed by atoms with Gasteiger partial charge in [-0.2, -0.15) is 0 Å². The van der Waals surface area contributed by atoms with E-state index in [4.69, 9.17) is 29.4 Å². The van der Waals surface area contributed by atoms with Gasteiger partial charge < -0.3 is 49.8 Å². The van der Waals surface area contributed by atoms with Crippen LogP contribution in [0.25, 0.3) is 0 Å². The van der Waals surface area contributed by atoms with Gasteiger partial charge in [0.05, 0.1) is 30.8 Å². The van der Waals surface area contributed by atoms with Crippen LogP contribution >= 0.6 is 17.2 Å². The molecule has 0 aliphatic carbocycles. The van der Waals surface area contributed by atoms with Crippen LogP contribution in [0.5, 0.6) is 0 Å². The quantitative estimate of drug-likeness (QED) is 0.0937. The average Bonchev–Trinajstić information content (AvgIpc) is 2.74. The second kappa shape index (κ2) is 25.5. The van der Waals surface area contributed by atoms with Gasteiger partial charge in [0.25, 0.3) is 0 Å². The molecule has 0 fully saturated rings. The molecule has 0 spiro atoms. The van der Waals surface area contributed by atoms with E-state index in [-0.39, 0.29) is 19.8 Å². The van der Waals surface area contributed by atoms with Crippen LogP contribution < -0.4 is 0 Å². The molecule has 204 valence electrons. The number of unbranched alkanes of at least 4 members (excludes halogenated alkanes) is 10. The topological polar surface area (TPSA) is 202 Å². The van der Waals surface area contributed by atoms with Crippen LogP contribution in [0.4, 0.5) is 0 Å².